The van der Waals surface area contributed by atoms with Crippen molar-refractivity contribution in [3.05, 3.63) is 470 Å². The first kappa shape index (κ1) is 82.2. The van der Waals surface area contributed by atoms with E-state index < -0.39 is 0 Å². The van der Waals surface area contributed by atoms with Crippen LogP contribution in [0.3, 0.4) is 0 Å². The van der Waals surface area contributed by atoms with E-state index in [9.17, 15) is 4.79 Å². The minimum absolute atomic E-state index is 0.646. The van der Waals surface area contributed by atoms with Crippen LogP contribution in [0.4, 0.5) is 11.4 Å². The lowest BCUT2D eigenvalue weighted by molar-refractivity contribution is 0.112. The monoisotopic (exact) mass is 1900 g/mol. The molecule has 10 aromatic heterocycles. The van der Waals surface area contributed by atoms with Crippen molar-refractivity contribution in [1.29, 1.82) is 0 Å². The van der Waals surface area contributed by atoms with Crippen LogP contribution in [0.2, 0.25) is 0 Å². The smallest absolute Gasteiger partial charge is 0.150 e. The number of pyridine rings is 2. The average Bonchev–Trinajstić information content (AvgIpc) is 1.54. The minimum Gasteiger partial charge on any atom is -0.397 e. The molecule has 0 amide bonds. The van der Waals surface area contributed by atoms with Gasteiger partial charge in [-0.2, -0.15) is 0 Å². The summed E-state index contributed by atoms with van der Waals surface area (Å²) in [5.41, 5.74) is 41.0. The van der Waals surface area contributed by atoms with Gasteiger partial charge in [0, 0.05) is 127 Å². The summed E-state index contributed by atoms with van der Waals surface area (Å²) >= 11 is 6.52. The molecule has 0 fully saturated rings. The second-order valence-corrected chi connectivity index (χ2v) is 36.2. The normalized spacial score (nSPS) is 11.6. The van der Waals surface area contributed by atoms with Gasteiger partial charge in [-0.25, -0.2) is 15.0 Å². The molecule has 138 heavy (non-hydrogen) atoms. The van der Waals surface area contributed by atoms with Gasteiger partial charge in [0.1, 0.15) is 22.4 Å². The highest BCUT2D eigenvalue weighted by atomic mass is 79.9. The Labute approximate surface area is 806 Å². The number of nitrogens with zero attached hydrogens (tertiary/aromatic N) is 10. The molecule has 10 heterocycles. The molecule has 0 saturated heterocycles. The fourth-order valence-electron chi connectivity index (χ4n) is 20.6. The Kier molecular flexibility index (Phi) is 20.3. The third kappa shape index (κ3) is 13.9. The summed E-state index contributed by atoms with van der Waals surface area (Å²) in [6.07, 6.45) is 2.65. The maximum absolute atomic E-state index is 11.6. The maximum atomic E-state index is 11.6. The van der Waals surface area contributed by atoms with Gasteiger partial charge in [0.15, 0.2) is 0 Å². The number of anilines is 2. The fourth-order valence-corrected chi connectivity index (χ4v) is 21.1. The Hall–Kier alpha value is -17.7. The molecule has 29 rings (SSSR count). The third-order valence-corrected chi connectivity index (χ3v) is 28.5. The summed E-state index contributed by atoms with van der Waals surface area (Å²) < 4.78 is 18.4. The molecule has 0 aliphatic heterocycles. The molecule has 14 nitrogen and oxygen atoms in total. The van der Waals surface area contributed by atoms with Gasteiger partial charge in [-0.15, -0.1) is 0 Å². The highest BCUT2D eigenvalue weighted by Gasteiger charge is 2.26. The molecule has 5 N–H and O–H groups in total. The number of hydrogen-bond donors (Lipinski definition) is 3. The van der Waals surface area contributed by atoms with Crippen molar-refractivity contribution in [2.24, 2.45) is 0 Å². The van der Waals surface area contributed by atoms with Crippen molar-refractivity contribution in [3.8, 4) is 45.5 Å². The van der Waals surface area contributed by atoms with E-state index >= 15 is 0 Å². The van der Waals surface area contributed by atoms with E-state index in [4.69, 9.17) is 21.4 Å². The molecular formula is C122H81Br2N13O. The zero-order valence-electron chi connectivity index (χ0n) is 74.2. The van der Waals surface area contributed by atoms with Crippen LogP contribution < -0.4 is 11.5 Å². The number of nitrogens with one attached hydrogen (secondary N) is 1. The van der Waals surface area contributed by atoms with Crippen molar-refractivity contribution in [3.63, 3.8) is 0 Å². The summed E-state index contributed by atoms with van der Waals surface area (Å²) in [7, 11) is 0. The molecule has 16 heteroatoms. The quantitative estimate of drug-likeness (QED) is 0.0595. The van der Waals surface area contributed by atoms with E-state index in [0.717, 1.165) is 116 Å². The number of hydrogen-bond acceptors (Lipinski definition) is 6. The Balaban J connectivity index is 0.000000102. The molecule has 0 bridgehead atoms. The average molecular weight is 1900 g/mol. The number of carbonyl (C=O) groups is 1. The van der Waals surface area contributed by atoms with Crippen LogP contribution in [0.1, 0.15) is 10.4 Å². The Morgan fingerprint density at radius 3 is 0.964 bits per heavy atom. The lowest BCUT2D eigenvalue weighted by atomic mass is 10.0. The van der Waals surface area contributed by atoms with E-state index in [2.05, 4.69) is 444 Å². The van der Waals surface area contributed by atoms with Crippen molar-refractivity contribution in [2.45, 2.75) is 0 Å². The van der Waals surface area contributed by atoms with Gasteiger partial charge in [-0.05, 0) is 244 Å². The molecule has 19 aromatic carbocycles. The lowest BCUT2D eigenvalue weighted by Crippen LogP contribution is -1.95. The number of nitrogen functional groups attached to an aromatic ring is 2. The summed E-state index contributed by atoms with van der Waals surface area (Å²) in [5, 5.41) is 18.2. The Morgan fingerprint density at radius 1 is 0.246 bits per heavy atom. The van der Waals surface area contributed by atoms with E-state index in [1.807, 2.05) is 66.7 Å². The zero-order valence-corrected chi connectivity index (χ0v) is 77.3. The maximum Gasteiger partial charge on any atom is 0.150 e. The number of para-hydroxylation sites is 16. The highest BCUT2D eigenvalue weighted by molar-refractivity contribution is 9.13. The number of imidazole rings is 2. The SMILES string of the molecule is Brc1cccnc1Br.Nc1ccccc1N.O=Cc1ccc2c3cc4c(cc3n(-c3ccccc3)c2c1)c1ccccc1n4-c1ccccc1.c1ccc(-n2c3ccccc3c3cc4c(cc32)c2cc3c5ccccc5n5c6ccccc6nc5c3cc2n4-c2ccccc2)cc1.c1ccc(-n2c3ccccc3c3cc4c(cc32)c2ccc(-c3nc5ccccc5[nH]3)cc2n4-c2ccccc2)cc1. The van der Waals surface area contributed by atoms with Gasteiger partial charge in [-0.3, -0.25) is 9.20 Å². The number of benzene rings is 19. The molecule has 0 spiro atoms. The number of halogens is 2. The first-order chi connectivity index (χ1) is 68.1. The number of H-pyrrole nitrogens is 1. The number of aromatic amines is 1. The van der Waals surface area contributed by atoms with Gasteiger partial charge >= 0.3 is 0 Å². The van der Waals surface area contributed by atoms with Crippen molar-refractivity contribution < 1.29 is 4.79 Å². The molecular weight excluding hydrogens is 1820 g/mol. The standard InChI is InChI=1S/C43H26N4.C37H24N4.C31H20N2O.C6H8N2.C5H3Br2N/c1-3-13-27(14-4-1)45-37-20-10-8-18-30(37)33-24-41-34(25-40(33)45)32-23-31-29-17-7-11-21-38(29)47-39-22-12-9-19-36(39)44-43(47)35(31)26-42(32)46(41)28-15-5-2-6-16-28;1-3-11-25(12-4-1)40-33-18-10-7-15-27(33)29-22-36-30(23-35(29)40)28-20-19-24(37-38-31-16-8-9-17-32(31)39-37)21-34(28)41(36)26-13-5-2-6-14-26;34-20-21-15-16-25-27-19-30-26(18-31(27)33(29(25)17-21)23-11-5-2-6-12-23)24-13-7-8-14-28(24)32(30)22-9-3-1-4-10-22;7-5-3-1-2-4-6(5)8;6-4-2-1-3-8-5(4)7/h1-26H;1-23H,(H,38,39);1-20H;1-4H,7-8H2;1-3H. The lowest BCUT2D eigenvalue weighted by Gasteiger charge is -2.11. The third-order valence-electron chi connectivity index (χ3n) is 26.7. The van der Waals surface area contributed by atoms with Crippen LogP contribution in [0.5, 0.6) is 0 Å². The zero-order chi connectivity index (χ0) is 92.2. The second kappa shape index (κ2) is 34.1. The largest absolute Gasteiger partial charge is 0.397 e. The highest BCUT2D eigenvalue weighted by Crippen LogP contribution is 2.47. The summed E-state index contributed by atoms with van der Waals surface area (Å²) in [6.45, 7) is 0. The molecule has 654 valence electrons. The predicted molar refractivity (Wildman–Crippen MR) is 582 cm³/mol. The van der Waals surface area contributed by atoms with Gasteiger partial charge in [0.2, 0.25) is 0 Å². The number of rotatable bonds is 8. The van der Waals surface area contributed by atoms with Crippen LogP contribution in [0.25, 0.3) is 226 Å². The summed E-state index contributed by atoms with van der Waals surface area (Å²) in [5.74, 6) is 0.879. The molecule has 0 aliphatic rings. The molecule has 0 radical (unpaired) electrons. The van der Waals surface area contributed by atoms with Crippen LogP contribution in [0.15, 0.2) is 464 Å². The second-order valence-electron chi connectivity index (χ2n) is 34.6. The number of carbonyl (C=O) groups excluding carboxylic acids is 1. The molecule has 0 saturated carbocycles. The molecule has 0 aliphatic carbocycles. The van der Waals surface area contributed by atoms with Gasteiger partial charge < -0.3 is 43.9 Å². The van der Waals surface area contributed by atoms with Crippen molar-refractivity contribution in [1.82, 2.24) is 51.7 Å². The minimum atomic E-state index is 0.646. The molecule has 29 aromatic rings. The van der Waals surface area contributed by atoms with E-state index in [0.29, 0.717) is 16.9 Å². The number of aldehydes is 1. The molecule has 0 unspecified atom stereocenters. The summed E-state index contributed by atoms with van der Waals surface area (Å²) in [4.78, 5) is 29.2. The van der Waals surface area contributed by atoms with Crippen molar-refractivity contribution in [2.75, 3.05) is 11.5 Å². The van der Waals surface area contributed by atoms with Crippen LogP contribution >= 0.6 is 31.9 Å². The van der Waals surface area contributed by atoms with Gasteiger partial charge in [-0.1, -0.05) is 243 Å². The number of aromatic nitrogens is 11. The number of nitrogens with two attached hydrogens (primary N) is 2. The van der Waals surface area contributed by atoms with Crippen LogP contribution in [-0.4, -0.2) is 58.0 Å². The molecule has 0 atom stereocenters. The topological polar surface area (TPSA) is 158 Å². The van der Waals surface area contributed by atoms with E-state index in [1.54, 1.807) is 18.3 Å². The van der Waals surface area contributed by atoms with Crippen LogP contribution in [-0.2, 0) is 0 Å². The van der Waals surface area contributed by atoms with Gasteiger partial charge in [0.25, 0.3) is 0 Å². The van der Waals surface area contributed by atoms with Gasteiger partial charge in [0.05, 0.1) is 110 Å². The fraction of sp³-hybridized carbons (Fsp3) is 0. The number of fused-ring (bicyclic) bond motifs is 27. The van der Waals surface area contributed by atoms with E-state index in [-0.39, 0.29) is 0 Å². The Bertz CT molecular complexity index is 9750. The predicted octanol–water partition coefficient (Wildman–Crippen LogP) is 31.6. The van der Waals surface area contributed by atoms with E-state index in [1.165, 1.54) is 125 Å². The van der Waals surface area contributed by atoms with Crippen molar-refractivity contribution >= 4 is 230 Å². The van der Waals surface area contributed by atoms with Crippen LogP contribution in [0, 0.1) is 0 Å². The first-order valence-electron chi connectivity index (χ1n) is 45.9. The Morgan fingerprint density at radius 2 is 0.565 bits per heavy atom. The summed E-state index contributed by atoms with van der Waals surface area (Å²) in [6, 6.07) is 158. The first-order valence-corrected chi connectivity index (χ1v) is 47.4.